The Labute approximate surface area is 200 Å². The Bertz CT molecular complexity index is 1140. The van der Waals surface area contributed by atoms with Crippen molar-refractivity contribution in [1.29, 1.82) is 0 Å². The van der Waals surface area contributed by atoms with Crippen LogP contribution in [-0.2, 0) is 4.79 Å². The molecule has 2 bridgehead atoms. The number of aliphatic hydroxyl groups is 1. The van der Waals surface area contributed by atoms with Crippen molar-refractivity contribution in [2.75, 3.05) is 41.3 Å². The largest absolute Gasteiger partial charge is 0.391 e. The van der Waals surface area contributed by atoms with Gasteiger partial charge in [-0.15, -0.1) is 0 Å². The van der Waals surface area contributed by atoms with Gasteiger partial charge in [0.25, 0.3) is 5.92 Å². The molecule has 4 aliphatic rings. The lowest BCUT2D eigenvalue weighted by molar-refractivity contribution is -0.138. The highest BCUT2D eigenvalue weighted by atomic mass is 19.3. The number of hydrogen-bond acceptors (Lipinski definition) is 8. The summed E-state index contributed by atoms with van der Waals surface area (Å²) in [5.41, 5.74) is 0.393. The molecule has 1 aliphatic carbocycles. The van der Waals surface area contributed by atoms with E-state index >= 15 is 0 Å². The number of rotatable bonds is 5. The zero-order chi connectivity index (χ0) is 24.3. The van der Waals surface area contributed by atoms with Gasteiger partial charge in [-0.2, -0.15) is 4.98 Å². The summed E-state index contributed by atoms with van der Waals surface area (Å²) in [6, 6.07) is 2.86. The first-order valence-corrected chi connectivity index (χ1v) is 11.9. The standard InChI is InChI=1S/C23H26F3N7O2/c24-18-7-13(9-28-20(18)31-6-4-16(34)12-31)29-22-27-5-3-19(30-22)32-10-14-1-2-15(11-32)33(14)21(35)17-8-23(17,25)26/h3,5,7,9,14-17,34H,1-2,4,6,8,10-12H2,(H,27,29,30)/t14?,15?,16-,17-/m0/s1. The Morgan fingerprint density at radius 2 is 1.86 bits per heavy atom. The van der Waals surface area contributed by atoms with Crippen LogP contribution in [0.4, 0.5) is 36.4 Å². The molecule has 186 valence electrons. The van der Waals surface area contributed by atoms with E-state index in [9.17, 15) is 23.1 Å². The number of halogens is 3. The van der Waals surface area contributed by atoms with E-state index in [4.69, 9.17) is 0 Å². The summed E-state index contributed by atoms with van der Waals surface area (Å²) in [6.07, 6.45) is 4.42. The lowest BCUT2D eigenvalue weighted by Gasteiger charge is -2.41. The van der Waals surface area contributed by atoms with Crippen molar-refractivity contribution in [1.82, 2.24) is 19.9 Å². The fraction of sp³-hybridized carbons (Fsp3) is 0.565. The third-order valence-corrected chi connectivity index (χ3v) is 7.37. The molecule has 2 N–H and O–H groups in total. The van der Waals surface area contributed by atoms with Crippen molar-refractivity contribution in [3.05, 3.63) is 30.3 Å². The molecule has 3 aliphatic heterocycles. The van der Waals surface area contributed by atoms with Crippen LogP contribution in [0, 0.1) is 11.7 Å². The third kappa shape index (κ3) is 4.13. The first-order valence-electron chi connectivity index (χ1n) is 11.9. The van der Waals surface area contributed by atoms with Gasteiger partial charge < -0.3 is 25.1 Å². The first-order chi connectivity index (χ1) is 16.8. The maximum Gasteiger partial charge on any atom is 0.260 e. The minimum atomic E-state index is -2.86. The van der Waals surface area contributed by atoms with Gasteiger partial charge in [0.2, 0.25) is 11.9 Å². The molecule has 3 saturated heterocycles. The highest BCUT2D eigenvalue weighted by Gasteiger charge is 2.64. The smallest absolute Gasteiger partial charge is 0.260 e. The minimum absolute atomic E-state index is 0.112. The number of amides is 1. The molecule has 0 aromatic carbocycles. The topological polar surface area (TPSA) is 97.7 Å². The van der Waals surface area contributed by atoms with Gasteiger partial charge in [-0.05, 0) is 25.3 Å². The van der Waals surface area contributed by atoms with Crippen LogP contribution in [0.15, 0.2) is 24.5 Å². The predicted molar refractivity (Wildman–Crippen MR) is 121 cm³/mol. The number of carbonyl (C=O) groups is 1. The van der Waals surface area contributed by atoms with Crippen LogP contribution in [0.3, 0.4) is 0 Å². The predicted octanol–water partition coefficient (Wildman–Crippen LogP) is 2.16. The number of alkyl halides is 2. The Morgan fingerprint density at radius 3 is 2.49 bits per heavy atom. The number of nitrogens with zero attached hydrogens (tertiary/aromatic N) is 6. The van der Waals surface area contributed by atoms with E-state index in [1.54, 1.807) is 22.1 Å². The van der Waals surface area contributed by atoms with Gasteiger partial charge in [-0.1, -0.05) is 0 Å². The molecule has 1 amide bonds. The fourth-order valence-electron chi connectivity index (χ4n) is 5.49. The molecular formula is C23H26F3N7O2. The quantitative estimate of drug-likeness (QED) is 0.660. The average molecular weight is 490 g/mol. The van der Waals surface area contributed by atoms with E-state index in [-0.39, 0.29) is 30.3 Å². The summed E-state index contributed by atoms with van der Waals surface area (Å²) in [4.78, 5) is 31.0. The van der Waals surface area contributed by atoms with Crippen LogP contribution in [0.1, 0.15) is 25.7 Å². The number of carbonyl (C=O) groups excluding carboxylic acids is 1. The van der Waals surface area contributed by atoms with E-state index in [2.05, 4.69) is 20.3 Å². The summed E-state index contributed by atoms with van der Waals surface area (Å²) in [5, 5.41) is 12.7. The molecule has 0 spiro atoms. The minimum Gasteiger partial charge on any atom is -0.391 e. The summed E-state index contributed by atoms with van der Waals surface area (Å²) in [7, 11) is 0. The van der Waals surface area contributed by atoms with Crippen molar-refractivity contribution in [3.63, 3.8) is 0 Å². The van der Waals surface area contributed by atoms with E-state index in [1.165, 1.54) is 12.3 Å². The number of β-amino-alcohol motifs (C(OH)–C–C–N with tert-alkyl or cyclic N) is 1. The number of nitrogens with one attached hydrogen (secondary N) is 1. The second-order valence-electron chi connectivity index (χ2n) is 9.83. The second-order valence-corrected chi connectivity index (χ2v) is 9.83. The zero-order valence-corrected chi connectivity index (χ0v) is 18.9. The molecule has 4 atom stereocenters. The van der Waals surface area contributed by atoms with Crippen molar-refractivity contribution in [2.45, 2.75) is 49.8 Å². The summed E-state index contributed by atoms with van der Waals surface area (Å²) in [6.45, 7) is 1.94. The van der Waals surface area contributed by atoms with Crippen LogP contribution in [0.25, 0.3) is 0 Å². The number of piperazine rings is 1. The Morgan fingerprint density at radius 1 is 1.11 bits per heavy atom. The number of fused-ring (bicyclic) bond motifs is 2. The van der Waals surface area contributed by atoms with Crippen LogP contribution < -0.4 is 15.1 Å². The SMILES string of the molecule is O=C([C@@H]1CC1(F)F)N1C2CCC1CN(c1ccnc(Nc3cnc(N4CC[C@H](O)C4)c(F)c3)n1)C2. The van der Waals surface area contributed by atoms with Gasteiger partial charge >= 0.3 is 0 Å². The number of aromatic nitrogens is 3. The lowest BCUT2D eigenvalue weighted by Crippen LogP contribution is -2.56. The van der Waals surface area contributed by atoms with Crippen molar-refractivity contribution in [2.24, 2.45) is 5.92 Å². The highest BCUT2D eigenvalue weighted by Crippen LogP contribution is 2.51. The Kier molecular flexibility index (Phi) is 5.24. The van der Waals surface area contributed by atoms with E-state index in [0.29, 0.717) is 44.1 Å². The van der Waals surface area contributed by atoms with Gasteiger partial charge in [0.05, 0.1) is 18.0 Å². The van der Waals surface area contributed by atoms with Crippen molar-refractivity contribution < 1.29 is 23.1 Å². The lowest BCUT2D eigenvalue weighted by atomic mass is 10.1. The molecule has 2 aromatic heterocycles. The highest BCUT2D eigenvalue weighted by molar-refractivity contribution is 5.84. The average Bonchev–Trinajstić information content (AvgIpc) is 3.11. The van der Waals surface area contributed by atoms with Crippen molar-refractivity contribution in [3.8, 4) is 0 Å². The maximum atomic E-state index is 14.7. The molecule has 6 rings (SSSR count). The van der Waals surface area contributed by atoms with E-state index < -0.39 is 29.7 Å². The molecule has 35 heavy (non-hydrogen) atoms. The molecule has 9 nitrogen and oxygen atoms in total. The number of hydrogen-bond donors (Lipinski definition) is 2. The molecule has 4 fully saturated rings. The normalized spacial score (nSPS) is 29.0. The monoisotopic (exact) mass is 489 g/mol. The first kappa shape index (κ1) is 22.3. The maximum absolute atomic E-state index is 14.7. The summed E-state index contributed by atoms with van der Waals surface area (Å²) in [5.74, 6) is -3.82. The Balaban J connectivity index is 1.13. The zero-order valence-electron chi connectivity index (χ0n) is 18.9. The van der Waals surface area contributed by atoms with Crippen molar-refractivity contribution >= 4 is 29.2 Å². The Hall–Kier alpha value is -3.15. The number of aliphatic hydroxyl groups excluding tert-OH is 1. The molecule has 1 saturated carbocycles. The molecule has 2 unspecified atom stereocenters. The van der Waals surface area contributed by atoms with Gasteiger partial charge in [-0.3, -0.25) is 4.79 Å². The van der Waals surface area contributed by atoms with Gasteiger partial charge in [0, 0.05) is 56.9 Å². The van der Waals surface area contributed by atoms with E-state index in [0.717, 1.165) is 12.8 Å². The van der Waals surface area contributed by atoms with E-state index in [1.807, 2.05) is 4.90 Å². The van der Waals surface area contributed by atoms with Crippen LogP contribution in [-0.4, -0.2) is 81.2 Å². The van der Waals surface area contributed by atoms with Crippen LogP contribution in [0.5, 0.6) is 0 Å². The van der Waals surface area contributed by atoms with Gasteiger partial charge in [-0.25, -0.2) is 23.1 Å². The van der Waals surface area contributed by atoms with Crippen LogP contribution in [0.2, 0.25) is 0 Å². The summed E-state index contributed by atoms with van der Waals surface area (Å²) < 4.78 is 41.6. The molecular weight excluding hydrogens is 463 g/mol. The fourth-order valence-corrected chi connectivity index (χ4v) is 5.49. The molecule has 5 heterocycles. The third-order valence-electron chi connectivity index (χ3n) is 7.37. The molecule has 0 radical (unpaired) electrons. The number of pyridine rings is 1. The molecule has 12 heteroatoms. The number of anilines is 4. The summed E-state index contributed by atoms with van der Waals surface area (Å²) >= 11 is 0. The van der Waals surface area contributed by atoms with Gasteiger partial charge in [0.1, 0.15) is 11.7 Å². The second kappa shape index (κ2) is 8.21. The van der Waals surface area contributed by atoms with Gasteiger partial charge in [0.15, 0.2) is 11.6 Å². The molecule has 2 aromatic rings. The van der Waals surface area contributed by atoms with Crippen LogP contribution >= 0.6 is 0 Å².